The number of carbonyl (C=O) groups excluding carboxylic acids is 2. The first kappa shape index (κ1) is 21.6. The largest absolute Gasteiger partial charge is 0.383 e. The minimum atomic E-state index is -0.458. The van der Waals surface area contributed by atoms with Crippen LogP contribution < -0.4 is 10.6 Å². The highest BCUT2D eigenvalue weighted by Crippen LogP contribution is 2.23. The average molecular weight is 410 g/mol. The predicted molar refractivity (Wildman–Crippen MR) is 112 cm³/mol. The van der Waals surface area contributed by atoms with Crippen molar-refractivity contribution >= 4 is 28.8 Å². The summed E-state index contributed by atoms with van der Waals surface area (Å²) in [5.41, 5.74) is 1.56. The monoisotopic (exact) mass is 410 g/mol. The Kier molecular flexibility index (Phi) is 7.60. The summed E-state index contributed by atoms with van der Waals surface area (Å²) < 4.78 is 12.3. The number of aromatic nitrogens is 1. The van der Waals surface area contributed by atoms with E-state index in [4.69, 9.17) is 9.47 Å². The molecule has 0 aliphatic carbocycles. The molecule has 0 bridgehead atoms. The minimum absolute atomic E-state index is 0.00293. The van der Waals surface area contributed by atoms with Gasteiger partial charge in [0.05, 0.1) is 12.7 Å². The fourth-order valence-electron chi connectivity index (χ4n) is 3.43. The quantitative estimate of drug-likeness (QED) is 0.371. The van der Waals surface area contributed by atoms with E-state index in [0.29, 0.717) is 25.3 Å². The molecule has 0 saturated carbocycles. The molecule has 1 aliphatic rings. The number of fused-ring (bicyclic) bond motifs is 1. The first-order chi connectivity index (χ1) is 14.6. The molecule has 2 N–H and O–H groups in total. The van der Waals surface area contributed by atoms with Crippen molar-refractivity contribution in [2.24, 2.45) is 0 Å². The molecule has 1 unspecified atom stereocenters. The molecule has 0 spiro atoms. The molecule has 8 heteroatoms. The van der Waals surface area contributed by atoms with Gasteiger partial charge in [0.2, 0.25) is 5.91 Å². The number of amides is 2. The lowest BCUT2D eigenvalue weighted by Crippen LogP contribution is -2.34. The van der Waals surface area contributed by atoms with Crippen LogP contribution in [0.25, 0.3) is 17.0 Å². The van der Waals surface area contributed by atoms with Gasteiger partial charge >= 0.3 is 0 Å². The summed E-state index contributed by atoms with van der Waals surface area (Å²) >= 11 is 0. The van der Waals surface area contributed by atoms with Crippen LogP contribution in [0.15, 0.2) is 36.0 Å². The fourth-order valence-corrected chi connectivity index (χ4v) is 3.43. The number of ether oxygens (including phenoxy) is 2. The lowest BCUT2D eigenvalue weighted by molar-refractivity contribution is -0.122. The molecule has 1 aromatic heterocycles. The Morgan fingerprint density at radius 3 is 2.93 bits per heavy atom. The zero-order valence-corrected chi connectivity index (χ0v) is 17.0. The van der Waals surface area contributed by atoms with Crippen molar-refractivity contribution in [2.75, 3.05) is 33.4 Å². The Bertz CT molecular complexity index is 967. The van der Waals surface area contributed by atoms with Crippen LogP contribution in [-0.4, -0.2) is 55.9 Å². The fraction of sp³-hybridized carbons (Fsp3) is 0.409. The molecule has 1 aliphatic heterocycles. The van der Waals surface area contributed by atoms with Gasteiger partial charge in [-0.05, 0) is 25.0 Å². The Morgan fingerprint density at radius 2 is 2.20 bits per heavy atom. The maximum absolute atomic E-state index is 12.4. The van der Waals surface area contributed by atoms with Gasteiger partial charge in [-0.2, -0.15) is 5.26 Å². The molecule has 1 atom stereocenters. The van der Waals surface area contributed by atoms with Gasteiger partial charge < -0.3 is 24.7 Å². The molecule has 2 amide bonds. The first-order valence-corrected chi connectivity index (χ1v) is 9.97. The number of hydrogen-bond acceptors (Lipinski definition) is 5. The number of nitrogens with zero attached hydrogens (tertiary/aromatic N) is 2. The normalized spacial score (nSPS) is 16.4. The average Bonchev–Trinajstić information content (AvgIpc) is 3.39. The van der Waals surface area contributed by atoms with Gasteiger partial charge in [-0.25, -0.2) is 0 Å². The smallest absolute Gasteiger partial charge is 0.262 e. The van der Waals surface area contributed by atoms with Crippen LogP contribution in [0.3, 0.4) is 0 Å². The van der Waals surface area contributed by atoms with Crippen LogP contribution in [0.4, 0.5) is 0 Å². The van der Waals surface area contributed by atoms with Gasteiger partial charge in [0.15, 0.2) is 0 Å². The second-order valence-corrected chi connectivity index (χ2v) is 7.09. The molecule has 2 heterocycles. The summed E-state index contributed by atoms with van der Waals surface area (Å²) in [5, 5.41) is 15.8. The number of benzene rings is 1. The second-order valence-electron chi connectivity index (χ2n) is 7.09. The molecule has 8 nitrogen and oxygen atoms in total. The Labute approximate surface area is 175 Å². The van der Waals surface area contributed by atoms with Crippen molar-refractivity contribution in [1.82, 2.24) is 15.2 Å². The molecule has 1 fully saturated rings. The number of methoxy groups -OCH3 is 1. The van der Waals surface area contributed by atoms with Crippen LogP contribution in [0.2, 0.25) is 0 Å². The summed E-state index contributed by atoms with van der Waals surface area (Å²) in [6.07, 6.45) is 5.41. The van der Waals surface area contributed by atoms with E-state index in [0.717, 1.165) is 30.4 Å². The lowest BCUT2D eigenvalue weighted by atomic mass is 10.1. The van der Waals surface area contributed by atoms with Gasteiger partial charge in [0.25, 0.3) is 5.91 Å². The summed E-state index contributed by atoms with van der Waals surface area (Å²) in [4.78, 5) is 24.7. The lowest BCUT2D eigenvalue weighted by Gasteiger charge is -2.11. The first-order valence-electron chi connectivity index (χ1n) is 9.97. The summed E-state index contributed by atoms with van der Waals surface area (Å²) in [6, 6.07) is 9.53. The minimum Gasteiger partial charge on any atom is -0.383 e. The highest BCUT2D eigenvalue weighted by molar-refractivity contribution is 6.04. The molecule has 158 valence electrons. The van der Waals surface area contributed by atoms with Crippen LogP contribution in [0.5, 0.6) is 0 Å². The SMILES string of the molecule is COCCNC(=O)/C(C#N)=C/c1cn(CC(=O)NCC2CCCO2)c2ccccc12. The number of carbonyl (C=O) groups is 2. The highest BCUT2D eigenvalue weighted by Gasteiger charge is 2.17. The molecule has 1 saturated heterocycles. The van der Waals surface area contributed by atoms with Crippen molar-refractivity contribution in [1.29, 1.82) is 5.26 Å². The van der Waals surface area contributed by atoms with Crippen LogP contribution in [0.1, 0.15) is 18.4 Å². The number of nitrogens with one attached hydrogen (secondary N) is 2. The van der Waals surface area contributed by atoms with E-state index >= 15 is 0 Å². The predicted octanol–water partition coefficient (Wildman–Crippen LogP) is 1.61. The van der Waals surface area contributed by atoms with Gasteiger partial charge in [0, 0.05) is 49.5 Å². The number of hydrogen-bond donors (Lipinski definition) is 2. The van der Waals surface area contributed by atoms with Crippen molar-refractivity contribution in [3.05, 3.63) is 41.6 Å². The van der Waals surface area contributed by atoms with Crippen molar-refractivity contribution in [3.63, 3.8) is 0 Å². The number of para-hydroxylation sites is 1. The van der Waals surface area contributed by atoms with E-state index < -0.39 is 5.91 Å². The Hall–Kier alpha value is -3.15. The van der Waals surface area contributed by atoms with Crippen molar-refractivity contribution in [2.45, 2.75) is 25.5 Å². The molecule has 30 heavy (non-hydrogen) atoms. The van der Waals surface area contributed by atoms with Crippen molar-refractivity contribution < 1.29 is 19.1 Å². The van der Waals surface area contributed by atoms with Crippen LogP contribution in [-0.2, 0) is 25.6 Å². The zero-order valence-electron chi connectivity index (χ0n) is 17.0. The number of rotatable bonds is 9. The van der Waals surface area contributed by atoms with Gasteiger partial charge in [-0.15, -0.1) is 0 Å². The molecule has 1 aromatic carbocycles. The zero-order chi connectivity index (χ0) is 21.3. The Morgan fingerprint density at radius 1 is 1.37 bits per heavy atom. The Balaban J connectivity index is 1.76. The van der Waals surface area contributed by atoms with E-state index in [9.17, 15) is 14.9 Å². The summed E-state index contributed by atoms with van der Waals surface area (Å²) in [5.74, 6) is -0.569. The van der Waals surface area contributed by atoms with Gasteiger partial charge in [-0.3, -0.25) is 9.59 Å². The van der Waals surface area contributed by atoms with E-state index in [-0.39, 0.29) is 24.1 Å². The van der Waals surface area contributed by atoms with Crippen LogP contribution in [0, 0.1) is 11.3 Å². The highest BCUT2D eigenvalue weighted by atomic mass is 16.5. The van der Waals surface area contributed by atoms with E-state index in [1.54, 1.807) is 19.4 Å². The van der Waals surface area contributed by atoms with Crippen LogP contribution >= 0.6 is 0 Å². The van der Waals surface area contributed by atoms with Crippen molar-refractivity contribution in [3.8, 4) is 6.07 Å². The summed E-state index contributed by atoms with van der Waals surface area (Å²) in [7, 11) is 1.54. The molecule has 3 rings (SSSR count). The molecular formula is C22H26N4O4. The third kappa shape index (κ3) is 5.47. The maximum atomic E-state index is 12.4. The van der Waals surface area contributed by atoms with Gasteiger partial charge in [-0.1, -0.05) is 18.2 Å². The van der Waals surface area contributed by atoms with E-state index in [2.05, 4.69) is 10.6 Å². The maximum Gasteiger partial charge on any atom is 0.262 e. The third-order valence-corrected chi connectivity index (χ3v) is 4.94. The second kappa shape index (κ2) is 10.6. The topological polar surface area (TPSA) is 105 Å². The molecule has 0 radical (unpaired) electrons. The van der Waals surface area contributed by atoms with Gasteiger partial charge in [0.1, 0.15) is 18.2 Å². The van der Waals surface area contributed by atoms with E-state index in [1.165, 1.54) is 0 Å². The standard InChI is InChI=1S/C22H26N4O4/c1-29-10-8-24-22(28)16(12-23)11-17-14-26(20-7-3-2-6-19(17)20)15-21(27)25-13-18-5-4-9-30-18/h2-3,6-7,11,14,18H,4-5,8-10,13,15H2,1H3,(H,24,28)(H,25,27)/b16-11+. The summed E-state index contributed by atoms with van der Waals surface area (Å²) in [6.45, 7) is 2.08. The molecule has 2 aromatic rings. The van der Waals surface area contributed by atoms with E-state index in [1.807, 2.05) is 34.9 Å². The third-order valence-electron chi connectivity index (χ3n) is 4.94. The molecular weight excluding hydrogens is 384 g/mol. The number of nitriles is 1.